The molecule has 0 heterocycles. The molecule has 1 aliphatic rings. The van der Waals surface area contributed by atoms with Gasteiger partial charge < -0.3 is 10.1 Å². The first-order valence-corrected chi connectivity index (χ1v) is 7.23. The van der Waals surface area contributed by atoms with Crippen molar-refractivity contribution in [3.8, 4) is 5.75 Å². The monoisotopic (exact) mass is 283 g/mol. The Kier molecular flexibility index (Phi) is 7.25. The van der Waals surface area contributed by atoms with Crippen LogP contribution in [0.4, 0.5) is 0 Å². The van der Waals surface area contributed by atoms with Crippen LogP contribution in [0.15, 0.2) is 18.2 Å². The molecule has 0 fully saturated rings. The first kappa shape index (κ1) is 16.3. The summed E-state index contributed by atoms with van der Waals surface area (Å²) in [6.07, 6.45) is 7.47. The lowest BCUT2D eigenvalue weighted by molar-refractivity contribution is 0.396. The molecule has 0 aliphatic heterocycles. The lowest BCUT2D eigenvalue weighted by Crippen LogP contribution is -2.35. The Bertz CT molecular complexity index is 381. The fourth-order valence-electron chi connectivity index (χ4n) is 2.82. The van der Waals surface area contributed by atoms with E-state index < -0.39 is 0 Å². The Morgan fingerprint density at radius 1 is 1.32 bits per heavy atom. The van der Waals surface area contributed by atoms with Crippen LogP contribution in [0, 0.1) is 0 Å². The van der Waals surface area contributed by atoms with Crippen molar-refractivity contribution in [3.05, 3.63) is 29.3 Å². The van der Waals surface area contributed by atoms with Crippen molar-refractivity contribution in [2.75, 3.05) is 13.7 Å². The summed E-state index contributed by atoms with van der Waals surface area (Å²) in [5, 5.41) is 3.69. The van der Waals surface area contributed by atoms with Gasteiger partial charge >= 0.3 is 0 Å². The molecular weight excluding hydrogens is 258 g/mol. The van der Waals surface area contributed by atoms with Crippen LogP contribution in [-0.4, -0.2) is 19.7 Å². The zero-order valence-electron chi connectivity index (χ0n) is 12.1. The van der Waals surface area contributed by atoms with Gasteiger partial charge in [-0.1, -0.05) is 31.9 Å². The zero-order valence-corrected chi connectivity index (χ0v) is 12.9. The molecule has 108 valence electrons. The van der Waals surface area contributed by atoms with E-state index in [1.165, 1.54) is 36.8 Å². The van der Waals surface area contributed by atoms with E-state index in [4.69, 9.17) is 4.74 Å². The van der Waals surface area contributed by atoms with Gasteiger partial charge in [-0.15, -0.1) is 12.4 Å². The number of methoxy groups -OCH3 is 1. The molecule has 0 saturated carbocycles. The van der Waals surface area contributed by atoms with Crippen LogP contribution in [0.5, 0.6) is 5.75 Å². The Morgan fingerprint density at radius 2 is 2.16 bits per heavy atom. The fourth-order valence-corrected chi connectivity index (χ4v) is 2.82. The summed E-state index contributed by atoms with van der Waals surface area (Å²) in [7, 11) is 1.77. The van der Waals surface area contributed by atoms with E-state index in [1.807, 2.05) is 0 Å². The molecule has 0 radical (unpaired) electrons. The Morgan fingerprint density at radius 3 is 2.89 bits per heavy atom. The van der Waals surface area contributed by atoms with Crippen molar-refractivity contribution in [2.45, 2.75) is 51.5 Å². The molecule has 0 saturated heterocycles. The minimum absolute atomic E-state index is 0. The SMILES string of the molecule is CCCCCNC1CCc2c(cccc2OC)C1.Cl. The second-order valence-corrected chi connectivity index (χ2v) is 5.20. The quantitative estimate of drug-likeness (QED) is 0.803. The van der Waals surface area contributed by atoms with Gasteiger partial charge in [-0.3, -0.25) is 0 Å². The molecule has 1 unspecified atom stereocenters. The molecule has 1 aromatic carbocycles. The van der Waals surface area contributed by atoms with Gasteiger partial charge in [-0.2, -0.15) is 0 Å². The molecule has 1 aromatic rings. The number of halogens is 1. The number of hydrogen-bond donors (Lipinski definition) is 1. The molecular formula is C16H26ClNO. The van der Waals surface area contributed by atoms with Crippen molar-refractivity contribution in [2.24, 2.45) is 0 Å². The Labute approximate surface area is 123 Å². The van der Waals surface area contributed by atoms with Gasteiger partial charge in [0, 0.05) is 6.04 Å². The molecule has 0 amide bonds. The summed E-state index contributed by atoms with van der Waals surface area (Å²) < 4.78 is 5.44. The Hall–Kier alpha value is -0.730. The maximum absolute atomic E-state index is 5.44. The van der Waals surface area contributed by atoms with Crippen LogP contribution >= 0.6 is 12.4 Å². The molecule has 1 atom stereocenters. The number of fused-ring (bicyclic) bond motifs is 1. The van der Waals surface area contributed by atoms with E-state index >= 15 is 0 Å². The van der Waals surface area contributed by atoms with Gasteiger partial charge in [-0.05, 0) is 49.4 Å². The molecule has 0 bridgehead atoms. The number of nitrogens with one attached hydrogen (secondary N) is 1. The van der Waals surface area contributed by atoms with E-state index in [0.717, 1.165) is 25.1 Å². The second-order valence-electron chi connectivity index (χ2n) is 5.20. The summed E-state index contributed by atoms with van der Waals surface area (Å²) >= 11 is 0. The topological polar surface area (TPSA) is 21.3 Å². The van der Waals surface area contributed by atoms with Crippen LogP contribution in [0.25, 0.3) is 0 Å². The lowest BCUT2D eigenvalue weighted by Gasteiger charge is -2.26. The summed E-state index contributed by atoms with van der Waals surface area (Å²) in [6.45, 7) is 3.42. The van der Waals surface area contributed by atoms with Crippen LogP contribution in [-0.2, 0) is 12.8 Å². The van der Waals surface area contributed by atoms with Gasteiger partial charge in [0.1, 0.15) is 5.75 Å². The molecule has 19 heavy (non-hydrogen) atoms. The van der Waals surface area contributed by atoms with Gasteiger partial charge in [-0.25, -0.2) is 0 Å². The third kappa shape index (κ3) is 4.39. The maximum atomic E-state index is 5.44. The van der Waals surface area contributed by atoms with E-state index in [9.17, 15) is 0 Å². The average molecular weight is 284 g/mol. The summed E-state index contributed by atoms with van der Waals surface area (Å²) in [6, 6.07) is 7.09. The van der Waals surface area contributed by atoms with Crippen molar-refractivity contribution in [1.82, 2.24) is 5.32 Å². The van der Waals surface area contributed by atoms with Crippen LogP contribution < -0.4 is 10.1 Å². The third-order valence-electron chi connectivity index (χ3n) is 3.87. The second kappa shape index (κ2) is 8.44. The van der Waals surface area contributed by atoms with E-state index in [2.05, 4.69) is 30.4 Å². The first-order valence-electron chi connectivity index (χ1n) is 7.23. The van der Waals surface area contributed by atoms with Gasteiger partial charge in [0.2, 0.25) is 0 Å². The summed E-state index contributed by atoms with van der Waals surface area (Å²) in [5.74, 6) is 1.07. The molecule has 1 N–H and O–H groups in total. The number of benzene rings is 1. The fraction of sp³-hybridized carbons (Fsp3) is 0.625. The minimum Gasteiger partial charge on any atom is -0.496 e. The van der Waals surface area contributed by atoms with Crippen molar-refractivity contribution < 1.29 is 4.74 Å². The predicted molar refractivity (Wildman–Crippen MR) is 83.6 cm³/mol. The van der Waals surface area contributed by atoms with Gasteiger partial charge in [0.05, 0.1) is 7.11 Å². The lowest BCUT2D eigenvalue weighted by atomic mass is 9.87. The normalized spacial score (nSPS) is 17.5. The molecule has 0 aromatic heterocycles. The maximum Gasteiger partial charge on any atom is 0.122 e. The van der Waals surface area contributed by atoms with Crippen molar-refractivity contribution in [3.63, 3.8) is 0 Å². The highest BCUT2D eigenvalue weighted by atomic mass is 35.5. The summed E-state index contributed by atoms with van der Waals surface area (Å²) in [4.78, 5) is 0. The standard InChI is InChI=1S/C16H25NO.ClH/c1-3-4-5-11-17-14-9-10-15-13(12-14)7-6-8-16(15)18-2;/h6-8,14,17H,3-5,9-12H2,1-2H3;1H. The highest BCUT2D eigenvalue weighted by Crippen LogP contribution is 2.29. The number of unbranched alkanes of at least 4 members (excludes halogenated alkanes) is 2. The smallest absolute Gasteiger partial charge is 0.122 e. The van der Waals surface area contributed by atoms with Crippen LogP contribution in [0.3, 0.4) is 0 Å². The summed E-state index contributed by atoms with van der Waals surface area (Å²) in [5.41, 5.74) is 2.89. The molecule has 1 aliphatic carbocycles. The molecule has 2 nitrogen and oxygen atoms in total. The molecule has 2 rings (SSSR count). The van der Waals surface area contributed by atoms with Crippen LogP contribution in [0.1, 0.15) is 43.7 Å². The average Bonchev–Trinajstić information content (AvgIpc) is 2.42. The third-order valence-corrected chi connectivity index (χ3v) is 3.87. The largest absolute Gasteiger partial charge is 0.496 e. The van der Waals surface area contributed by atoms with Gasteiger partial charge in [0.25, 0.3) is 0 Å². The van der Waals surface area contributed by atoms with E-state index in [1.54, 1.807) is 7.11 Å². The van der Waals surface area contributed by atoms with Gasteiger partial charge in [0.15, 0.2) is 0 Å². The zero-order chi connectivity index (χ0) is 12.8. The minimum atomic E-state index is 0. The Balaban J connectivity index is 0.00000180. The highest BCUT2D eigenvalue weighted by Gasteiger charge is 2.20. The van der Waals surface area contributed by atoms with Crippen LogP contribution in [0.2, 0.25) is 0 Å². The van der Waals surface area contributed by atoms with Crippen molar-refractivity contribution in [1.29, 1.82) is 0 Å². The molecule has 0 spiro atoms. The highest BCUT2D eigenvalue weighted by molar-refractivity contribution is 5.85. The predicted octanol–water partition coefficient (Wildman–Crippen LogP) is 3.75. The number of ether oxygens (including phenoxy) is 1. The van der Waals surface area contributed by atoms with E-state index in [0.29, 0.717) is 6.04 Å². The van der Waals surface area contributed by atoms with E-state index in [-0.39, 0.29) is 12.4 Å². The van der Waals surface area contributed by atoms with Crippen molar-refractivity contribution >= 4 is 12.4 Å². The first-order chi connectivity index (χ1) is 8.85. The number of hydrogen-bond acceptors (Lipinski definition) is 2. The number of rotatable bonds is 6. The molecule has 3 heteroatoms.